The molecule has 0 aromatic heterocycles. The van der Waals surface area contributed by atoms with Crippen LogP contribution in [0.3, 0.4) is 0 Å². The molecule has 1 fully saturated rings. The van der Waals surface area contributed by atoms with Crippen LogP contribution in [0, 0.1) is 19.3 Å². The third kappa shape index (κ3) is 2.81. The molecule has 1 saturated carbocycles. The standard InChI is InChI=1S/C15H23NO/c1-12-5-6-14(13(2)9-12)17-11-15(10-16)7-3-4-8-15/h5-6,9H,3-4,7-8,10-11,16H2,1-2H3. The maximum absolute atomic E-state index is 5.99. The fraction of sp³-hybridized carbons (Fsp3) is 0.600. The van der Waals surface area contributed by atoms with E-state index in [2.05, 4.69) is 32.0 Å². The van der Waals surface area contributed by atoms with E-state index in [1.165, 1.54) is 36.8 Å². The first kappa shape index (κ1) is 12.4. The average molecular weight is 233 g/mol. The van der Waals surface area contributed by atoms with Gasteiger partial charge in [0.25, 0.3) is 0 Å². The Kier molecular flexibility index (Phi) is 3.72. The van der Waals surface area contributed by atoms with E-state index in [0.29, 0.717) is 0 Å². The summed E-state index contributed by atoms with van der Waals surface area (Å²) in [6.07, 6.45) is 5.03. The molecule has 1 aliphatic carbocycles. The molecule has 0 saturated heterocycles. The van der Waals surface area contributed by atoms with E-state index >= 15 is 0 Å². The van der Waals surface area contributed by atoms with Crippen molar-refractivity contribution >= 4 is 0 Å². The molecule has 2 nitrogen and oxygen atoms in total. The Morgan fingerprint density at radius 1 is 1.24 bits per heavy atom. The second-order valence-corrected chi connectivity index (χ2v) is 5.47. The van der Waals surface area contributed by atoms with Crippen molar-refractivity contribution in [2.24, 2.45) is 11.1 Å². The monoisotopic (exact) mass is 233 g/mol. The normalized spacial score (nSPS) is 18.3. The third-order valence-corrected chi connectivity index (χ3v) is 3.96. The molecule has 0 unspecified atom stereocenters. The number of aryl methyl sites for hydroxylation is 2. The summed E-state index contributed by atoms with van der Waals surface area (Å²) >= 11 is 0. The number of hydrogen-bond acceptors (Lipinski definition) is 2. The van der Waals surface area contributed by atoms with Crippen LogP contribution < -0.4 is 10.5 Å². The van der Waals surface area contributed by atoms with E-state index in [1.54, 1.807) is 0 Å². The van der Waals surface area contributed by atoms with Gasteiger partial charge in [0.15, 0.2) is 0 Å². The summed E-state index contributed by atoms with van der Waals surface area (Å²) in [5.41, 5.74) is 8.65. The first-order chi connectivity index (χ1) is 8.15. The Bertz CT molecular complexity index is 381. The van der Waals surface area contributed by atoms with Crippen LogP contribution >= 0.6 is 0 Å². The molecule has 0 spiro atoms. The van der Waals surface area contributed by atoms with Crippen molar-refractivity contribution in [3.05, 3.63) is 29.3 Å². The molecular weight excluding hydrogens is 210 g/mol. The van der Waals surface area contributed by atoms with Crippen molar-refractivity contribution in [2.75, 3.05) is 13.2 Å². The lowest BCUT2D eigenvalue weighted by atomic mass is 9.87. The van der Waals surface area contributed by atoms with E-state index in [1.807, 2.05) is 0 Å². The first-order valence-electron chi connectivity index (χ1n) is 6.55. The Labute approximate surface area is 104 Å². The highest BCUT2D eigenvalue weighted by molar-refractivity contribution is 5.35. The predicted octanol–water partition coefficient (Wildman–Crippen LogP) is 3.20. The molecule has 0 aliphatic heterocycles. The van der Waals surface area contributed by atoms with Gasteiger partial charge in [0.05, 0.1) is 6.61 Å². The summed E-state index contributed by atoms with van der Waals surface area (Å²) in [6.45, 7) is 5.73. The molecule has 1 aliphatic rings. The zero-order chi connectivity index (χ0) is 12.3. The number of benzene rings is 1. The minimum atomic E-state index is 0.233. The van der Waals surface area contributed by atoms with Gasteiger partial charge in [0, 0.05) is 12.0 Å². The van der Waals surface area contributed by atoms with E-state index in [-0.39, 0.29) is 5.41 Å². The van der Waals surface area contributed by atoms with Crippen LogP contribution in [-0.4, -0.2) is 13.2 Å². The summed E-state index contributed by atoms with van der Waals surface area (Å²) < 4.78 is 5.99. The molecule has 0 bridgehead atoms. The SMILES string of the molecule is Cc1ccc(OCC2(CN)CCCC2)c(C)c1. The maximum Gasteiger partial charge on any atom is 0.122 e. The van der Waals surface area contributed by atoms with Crippen LogP contribution in [0.15, 0.2) is 18.2 Å². The predicted molar refractivity (Wildman–Crippen MR) is 71.4 cm³/mol. The number of nitrogens with two attached hydrogens (primary N) is 1. The van der Waals surface area contributed by atoms with Crippen molar-refractivity contribution in [3.63, 3.8) is 0 Å². The first-order valence-corrected chi connectivity index (χ1v) is 6.55. The van der Waals surface area contributed by atoms with Crippen LogP contribution in [-0.2, 0) is 0 Å². The summed E-state index contributed by atoms with van der Waals surface area (Å²) in [6, 6.07) is 6.34. The van der Waals surface area contributed by atoms with Crippen molar-refractivity contribution in [1.29, 1.82) is 0 Å². The van der Waals surface area contributed by atoms with Gasteiger partial charge in [-0.15, -0.1) is 0 Å². The summed E-state index contributed by atoms with van der Waals surface area (Å²) in [4.78, 5) is 0. The summed E-state index contributed by atoms with van der Waals surface area (Å²) in [5.74, 6) is 1.01. The Balaban J connectivity index is 2.01. The van der Waals surface area contributed by atoms with Gasteiger partial charge in [-0.2, -0.15) is 0 Å². The van der Waals surface area contributed by atoms with Gasteiger partial charge in [-0.3, -0.25) is 0 Å². The van der Waals surface area contributed by atoms with Gasteiger partial charge in [-0.05, 0) is 38.3 Å². The topological polar surface area (TPSA) is 35.2 Å². The van der Waals surface area contributed by atoms with Crippen LogP contribution in [0.5, 0.6) is 5.75 Å². The van der Waals surface area contributed by atoms with Crippen LogP contribution in [0.4, 0.5) is 0 Å². The zero-order valence-corrected chi connectivity index (χ0v) is 11.0. The van der Waals surface area contributed by atoms with Gasteiger partial charge in [-0.1, -0.05) is 30.5 Å². The number of ether oxygens (including phenoxy) is 1. The lowest BCUT2D eigenvalue weighted by molar-refractivity contribution is 0.156. The van der Waals surface area contributed by atoms with E-state index in [0.717, 1.165) is 18.9 Å². The van der Waals surface area contributed by atoms with E-state index < -0.39 is 0 Å². The van der Waals surface area contributed by atoms with Gasteiger partial charge in [-0.25, -0.2) is 0 Å². The smallest absolute Gasteiger partial charge is 0.122 e. The molecule has 1 aromatic rings. The van der Waals surface area contributed by atoms with Crippen molar-refractivity contribution < 1.29 is 4.74 Å². The van der Waals surface area contributed by atoms with Crippen molar-refractivity contribution in [1.82, 2.24) is 0 Å². The molecule has 2 N–H and O–H groups in total. The van der Waals surface area contributed by atoms with Crippen LogP contribution in [0.1, 0.15) is 36.8 Å². The van der Waals surface area contributed by atoms with Crippen molar-refractivity contribution in [3.8, 4) is 5.75 Å². The van der Waals surface area contributed by atoms with Gasteiger partial charge in [0.1, 0.15) is 5.75 Å². The molecule has 17 heavy (non-hydrogen) atoms. The molecule has 1 aromatic carbocycles. The van der Waals surface area contributed by atoms with E-state index in [9.17, 15) is 0 Å². The molecule has 2 rings (SSSR count). The minimum absolute atomic E-state index is 0.233. The van der Waals surface area contributed by atoms with Crippen LogP contribution in [0.2, 0.25) is 0 Å². The minimum Gasteiger partial charge on any atom is -0.493 e. The highest BCUT2D eigenvalue weighted by atomic mass is 16.5. The Hall–Kier alpha value is -1.02. The molecular formula is C15H23NO. The zero-order valence-electron chi connectivity index (χ0n) is 11.0. The maximum atomic E-state index is 5.99. The molecule has 0 radical (unpaired) electrons. The second kappa shape index (κ2) is 5.09. The van der Waals surface area contributed by atoms with E-state index in [4.69, 9.17) is 10.5 Å². The Morgan fingerprint density at radius 3 is 2.53 bits per heavy atom. The fourth-order valence-electron chi connectivity index (χ4n) is 2.72. The van der Waals surface area contributed by atoms with Gasteiger partial charge < -0.3 is 10.5 Å². The quantitative estimate of drug-likeness (QED) is 0.866. The highest BCUT2D eigenvalue weighted by Crippen LogP contribution is 2.37. The fourth-order valence-corrected chi connectivity index (χ4v) is 2.72. The second-order valence-electron chi connectivity index (χ2n) is 5.47. The lowest BCUT2D eigenvalue weighted by Crippen LogP contribution is -2.33. The summed E-state index contributed by atoms with van der Waals surface area (Å²) in [5, 5.41) is 0. The van der Waals surface area contributed by atoms with Crippen LogP contribution in [0.25, 0.3) is 0 Å². The number of hydrogen-bond donors (Lipinski definition) is 1. The highest BCUT2D eigenvalue weighted by Gasteiger charge is 2.33. The Morgan fingerprint density at radius 2 is 1.94 bits per heavy atom. The molecule has 0 heterocycles. The number of rotatable bonds is 4. The van der Waals surface area contributed by atoms with Crippen molar-refractivity contribution in [2.45, 2.75) is 39.5 Å². The van der Waals surface area contributed by atoms with Gasteiger partial charge in [0.2, 0.25) is 0 Å². The lowest BCUT2D eigenvalue weighted by Gasteiger charge is -2.27. The molecule has 2 heteroatoms. The molecule has 0 amide bonds. The molecule has 0 atom stereocenters. The largest absolute Gasteiger partial charge is 0.493 e. The third-order valence-electron chi connectivity index (χ3n) is 3.96. The molecule has 94 valence electrons. The average Bonchev–Trinajstić information content (AvgIpc) is 2.77. The summed E-state index contributed by atoms with van der Waals surface area (Å²) in [7, 11) is 0. The van der Waals surface area contributed by atoms with Gasteiger partial charge >= 0.3 is 0 Å².